The molecule has 0 radical (unpaired) electrons. The van der Waals surface area contributed by atoms with Gasteiger partial charge in [-0.1, -0.05) is 6.07 Å². The van der Waals surface area contributed by atoms with Gasteiger partial charge in [0.2, 0.25) is 0 Å². The standard InChI is InChI=1S/C16H26N4O3S2/c1-14(13-15-5-4-12-24-15)17-16(21)18-8-10-20(11-9-18)25(22,23)19-6-2-3-7-19/h4-5,12,14H,2-3,6-11,13H2,1H3,(H,17,21). The van der Waals surface area contributed by atoms with Gasteiger partial charge in [0.15, 0.2) is 0 Å². The van der Waals surface area contributed by atoms with Crippen LogP contribution in [0.4, 0.5) is 4.79 Å². The number of nitrogens with zero attached hydrogens (tertiary/aromatic N) is 3. The molecule has 2 aliphatic rings. The SMILES string of the molecule is CC(Cc1cccs1)NC(=O)N1CCN(S(=O)(=O)N2CCCC2)CC1. The Morgan fingerprint density at radius 1 is 1.16 bits per heavy atom. The van der Waals surface area contributed by atoms with Crippen molar-refractivity contribution in [1.29, 1.82) is 0 Å². The Hall–Kier alpha value is -1.16. The van der Waals surface area contributed by atoms with E-state index < -0.39 is 10.2 Å². The monoisotopic (exact) mass is 386 g/mol. The molecule has 1 unspecified atom stereocenters. The molecule has 1 aromatic heterocycles. The van der Waals surface area contributed by atoms with Crippen molar-refractivity contribution in [3.8, 4) is 0 Å². The van der Waals surface area contributed by atoms with Crippen LogP contribution in [0, 0.1) is 0 Å². The number of rotatable bonds is 5. The maximum absolute atomic E-state index is 12.6. The van der Waals surface area contributed by atoms with Gasteiger partial charge in [0.1, 0.15) is 0 Å². The van der Waals surface area contributed by atoms with Gasteiger partial charge in [-0.3, -0.25) is 0 Å². The summed E-state index contributed by atoms with van der Waals surface area (Å²) in [6.45, 7) is 4.82. The number of nitrogens with one attached hydrogen (secondary N) is 1. The lowest BCUT2D eigenvalue weighted by molar-refractivity contribution is 0.167. The van der Waals surface area contributed by atoms with Crippen molar-refractivity contribution in [2.24, 2.45) is 0 Å². The second-order valence-corrected chi connectivity index (χ2v) is 9.59. The molecule has 3 rings (SSSR count). The van der Waals surface area contributed by atoms with E-state index >= 15 is 0 Å². The highest BCUT2D eigenvalue weighted by atomic mass is 32.2. The molecule has 0 aliphatic carbocycles. The van der Waals surface area contributed by atoms with Crippen molar-refractivity contribution in [2.45, 2.75) is 32.2 Å². The average molecular weight is 387 g/mol. The van der Waals surface area contributed by atoms with Gasteiger partial charge in [0.05, 0.1) is 0 Å². The van der Waals surface area contributed by atoms with E-state index in [-0.39, 0.29) is 12.1 Å². The summed E-state index contributed by atoms with van der Waals surface area (Å²) in [6, 6.07) is 4.02. The van der Waals surface area contributed by atoms with E-state index in [1.807, 2.05) is 18.4 Å². The third-order valence-corrected chi connectivity index (χ3v) is 7.63. The lowest BCUT2D eigenvalue weighted by Gasteiger charge is -2.36. The van der Waals surface area contributed by atoms with Crippen molar-refractivity contribution in [2.75, 3.05) is 39.3 Å². The summed E-state index contributed by atoms with van der Waals surface area (Å²) in [5.74, 6) is 0. The van der Waals surface area contributed by atoms with Crippen LogP contribution in [0.5, 0.6) is 0 Å². The van der Waals surface area contributed by atoms with Gasteiger partial charge in [-0.05, 0) is 31.2 Å². The molecule has 1 aromatic rings. The van der Waals surface area contributed by atoms with E-state index in [1.165, 1.54) is 9.18 Å². The second-order valence-electron chi connectivity index (χ2n) is 6.63. The predicted octanol–water partition coefficient (Wildman–Crippen LogP) is 1.35. The molecule has 1 N–H and O–H groups in total. The minimum absolute atomic E-state index is 0.0533. The van der Waals surface area contributed by atoms with Crippen LogP contribution >= 0.6 is 11.3 Å². The molecule has 0 saturated carbocycles. The first kappa shape index (κ1) is 18.6. The highest BCUT2D eigenvalue weighted by molar-refractivity contribution is 7.86. The molecular formula is C16H26N4O3S2. The Morgan fingerprint density at radius 3 is 2.40 bits per heavy atom. The van der Waals surface area contributed by atoms with Gasteiger partial charge in [-0.2, -0.15) is 17.0 Å². The first-order chi connectivity index (χ1) is 12.0. The minimum Gasteiger partial charge on any atom is -0.335 e. The number of amides is 2. The van der Waals surface area contributed by atoms with Gasteiger partial charge in [0, 0.05) is 56.6 Å². The zero-order valence-corrected chi connectivity index (χ0v) is 16.2. The van der Waals surface area contributed by atoms with E-state index in [0.29, 0.717) is 39.3 Å². The van der Waals surface area contributed by atoms with Gasteiger partial charge in [-0.25, -0.2) is 4.79 Å². The Morgan fingerprint density at radius 2 is 1.80 bits per heavy atom. The lowest BCUT2D eigenvalue weighted by atomic mass is 10.2. The quantitative estimate of drug-likeness (QED) is 0.830. The highest BCUT2D eigenvalue weighted by Crippen LogP contribution is 2.18. The van der Waals surface area contributed by atoms with E-state index in [4.69, 9.17) is 0 Å². The largest absolute Gasteiger partial charge is 0.335 e. The third kappa shape index (κ3) is 4.52. The Bertz CT molecular complexity index is 664. The molecule has 25 heavy (non-hydrogen) atoms. The number of urea groups is 1. The van der Waals surface area contributed by atoms with E-state index in [0.717, 1.165) is 19.3 Å². The summed E-state index contributed by atoms with van der Waals surface area (Å²) < 4.78 is 28.2. The molecule has 1 atom stereocenters. The van der Waals surface area contributed by atoms with Crippen LogP contribution in [0.15, 0.2) is 17.5 Å². The van der Waals surface area contributed by atoms with E-state index in [2.05, 4.69) is 11.4 Å². The average Bonchev–Trinajstić information content (AvgIpc) is 3.28. The minimum atomic E-state index is -3.36. The number of hydrogen-bond acceptors (Lipinski definition) is 4. The van der Waals surface area contributed by atoms with Gasteiger partial charge in [0.25, 0.3) is 10.2 Å². The third-order valence-electron chi connectivity index (χ3n) is 4.70. The van der Waals surface area contributed by atoms with Crippen LogP contribution in [0.25, 0.3) is 0 Å². The van der Waals surface area contributed by atoms with Crippen molar-refractivity contribution < 1.29 is 13.2 Å². The maximum Gasteiger partial charge on any atom is 0.317 e. The van der Waals surface area contributed by atoms with Crippen LogP contribution in [-0.2, 0) is 16.6 Å². The fourth-order valence-corrected chi connectivity index (χ4v) is 5.79. The van der Waals surface area contributed by atoms with Crippen LogP contribution in [-0.4, -0.2) is 73.3 Å². The Kier molecular flexibility index (Phi) is 5.98. The molecule has 2 aliphatic heterocycles. The van der Waals surface area contributed by atoms with Crippen molar-refractivity contribution in [3.05, 3.63) is 22.4 Å². The molecule has 2 saturated heterocycles. The Balaban J connectivity index is 1.47. The molecule has 9 heteroatoms. The number of carbonyl (C=O) groups excluding carboxylic acids is 1. The lowest BCUT2D eigenvalue weighted by Crippen LogP contribution is -2.56. The van der Waals surface area contributed by atoms with Crippen molar-refractivity contribution >= 4 is 27.6 Å². The van der Waals surface area contributed by atoms with Gasteiger partial charge in [-0.15, -0.1) is 11.3 Å². The molecule has 7 nitrogen and oxygen atoms in total. The second kappa shape index (κ2) is 8.03. The summed E-state index contributed by atoms with van der Waals surface area (Å²) in [5.41, 5.74) is 0. The van der Waals surface area contributed by atoms with Crippen LogP contribution in [0.1, 0.15) is 24.6 Å². The normalized spacial score (nSPS) is 21.4. The maximum atomic E-state index is 12.6. The fraction of sp³-hybridized carbons (Fsp3) is 0.688. The zero-order chi connectivity index (χ0) is 17.9. The topological polar surface area (TPSA) is 73.0 Å². The number of carbonyl (C=O) groups is 1. The van der Waals surface area contributed by atoms with Gasteiger partial charge >= 0.3 is 6.03 Å². The molecule has 0 bridgehead atoms. The van der Waals surface area contributed by atoms with Crippen molar-refractivity contribution in [3.63, 3.8) is 0 Å². The Labute approximate surface area is 153 Å². The molecular weight excluding hydrogens is 360 g/mol. The number of thiophene rings is 1. The molecule has 3 heterocycles. The molecule has 2 amide bonds. The summed E-state index contributed by atoms with van der Waals surface area (Å²) in [6.07, 6.45) is 2.68. The van der Waals surface area contributed by atoms with Crippen LogP contribution in [0.2, 0.25) is 0 Å². The number of piperazine rings is 1. The highest BCUT2D eigenvalue weighted by Gasteiger charge is 2.34. The van der Waals surface area contributed by atoms with E-state index in [9.17, 15) is 13.2 Å². The van der Waals surface area contributed by atoms with Gasteiger partial charge < -0.3 is 10.2 Å². The van der Waals surface area contributed by atoms with Crippen molar-refractivity contribution in [1.82, 2.24) is 18.8 Å². The summed E-state index contributed by atoms with van der Waals surface area (Å²) in [4.78, 5) is 15.3. The van der Waals surface area contributed by atoms with Crippen LogP contribution < -0.4 is 5.32 Å². The van der Waals surface area contributed by atoms with E-state index in [1.54, 1.807) is 20.5 Å². The molecule has 0 aromatic carbocycles. The fourth-order valence-electron chi connectivity index (χ4n) is 3.29. The smallest absolute Gasteiger partial charge is 0.317 e. The number of hydrogen-bond donors (Lipinski definition) is 1. The summed E-state index contributed by atoms with van der Waals surface area (Å²) in [5, 5.41) is 5.04. The predicted molar refractivity (Wildman–Crippen MR) is 98.9 cm³/mol. The molecule has 140 valence electrons. The zero-order valence-electron chi connectivity index (χ0n) is 14.6. The van der Waals surface area contributed by atoms with Crippen LogP contribution in [0.3, 0.4) is 0 Å². The summed E-state index contributed by atoms with van der Waals surface area (Å²) in [7, 11) is -3.36. The first-order valence-electron chi connectivity index (χ1n) is 8.80. The molecule has 0 spiro atoms. The first-order valence-corrected chi connectivity index (χ1v) is 11.1. The molecule has 2 fully saturated rings. The summed E-state index contributed by atoms with van der Waals surface area (Å²) >= 11 is 1.69.